The smallest absolute Gasteiger partial charge is 0.121 e. The second kappa shape index (κ2) is 5.64. The van der Waals surface area contributed by atoms with Crippen molar-refractivity contribution < 1.29 is 4.74 Å². The maximum atomic E-state index is 5.54. The van der Waals surface area contributed by atoms with Crippen LogP contribution in [0.3, 0.4) is 0 Å². The molecule has 0 amide bonds. The average molecular weight is 247 g/mol. The molecular formula is C16H25NO. The van der Waals surface area contributed by atoms with Gasteiger partial charge in [-0.15, -0.1) is 0 Å². The van der Waals surface area contributed by atoms with Crippen molar-refractivity contribution in [2.75, 3.05) is 11.9 Å². The first kappa shape index (κ1) is 13.3. The lowest BCUT2D eigenvalue weighted by Crippen LogP contribution is -2.31. The summed E-state index contributed by atoms with van der Waals surface area (Å²) in [7, 11) is 0. The zero-order valence-electron chi connectivity index (χ0n) is 11.8. The summed E-state index contributed by atoms with van der Waals surface area (Å²) >= 11 is 0. The zero-order valence-corrected chi connectivity index (χ0v) is 11.8. The monoisotopic (exact) mass is 247 g/mol. The second-order valence-corrected chi connectivity index (χ2v) is 6.06. The van der Waals surface area contributed by atoms with Gasteiger partial charge in [0, 0.05) is 17.8 Å². The van der Waals surface area contributed by atoms with Crippen LogP contribution in [-0.4, -0.2) is 12.6 Å². The molecule has 1 aliphatic rings. The molecule has 0 heterocycles. The fourth-order valence-corrected chi connectivity index (χ4v) is 2.90. The summed E-state index contributed by atoms with van der Waals surface area (Å²) in [4.78, 5) is 0. The zero-order chi connectivity index (χ0) is 13.0. The van der Waals surface area contributed by atoms with Gasteiger partial charge in [-0.25, -0.2) is 0 Å². The van der Waals surface area contributed by atoms with Gasteiger partial charge in [0.25, 0.3) is 0 Å². The third kappa shape index (κ3) is 3.66. The number of ether oxygens (including phenoxy) is 1. The molecule has 0 aliphatic heterocycles. The third-order valence-corrected chi connectivity index (χ3v) is 3.72. The summed E-state index contributed by atoms with van der Waals surface area (Å²) in [6.07, 6.45) is 5.22. The molecule has 2 heteroatoms. The maximum Gasteiger partial charge on any atom is 0.121 e. The lowest BCUT2D eigenvalue weighted by Gasteiger charge is -2.36. The van der Waals surface area contributed by atoms with Gasteiger partial charge >= 0.3 is 0 Å². The Morgan fingerprint density at radius 3 is 2.94 bits per heavy atom. The topological polar surface area (TPSA) is 21.3 Å². The van der Waals surface area contributed by atoms with E-state index in [9.17, 15) is 0 Å². The molecule has 18 heavy (non-hydrogen) atoms. The summed E-state index contributed by atoms with van der Waals surface area (Å²) < 4.78 is 5.54. The summed E-state index contributed by atoms with van der Waals surface area (Å²) in [6.45, 7) is 7.48. The van der Waals surface area contributed by atoms with Crippen molar-refractivity contribution in [2.45, 2.75) is 52.5 Å². The summed E-state index contributed by atoms with van der Waals surface area (Å²) in [5.41, 5.74) is 1.66. The Morgan fingerprint density at radius 2 is 2.22 bits per heavy atom. The van der Waals surface area contributed by atoms with E-state index in [-0.39, 0.29) is 0 Å². The Balaban J connectivity index is 1.98. The second-order valence-electron chi connectivity index (χ2n) is 6.06. The molecule has 0 saturated heterocycles. The highest BCUT2D eigenvalue weighted by Gasteiger charge is 2.27. The van der Waals surface area contributed by atoms with Crippen molar-refractivity contribution in [1.82, 2.24) is 0 Å². The van der Waals surface area contributed by atoms with E-state index in [2.05, 4.69) is 37.4 Å². The number of rotatable bonds is 4. The quantitative estimate of drug-likeness (QED) is 0.847. The molecule has 1 saturated carbocycles. The fourth-order valence-electron chi connectivity index (χ4n) is 2.90. The van der Waals surface area contributed by atoms with Crippen LogP contribution < -0.4 is 10.1 Å². The Bertz CT molecular complexity index is 386. The highest BCUT2D eigenvalue weighted by Crippen LogP contribution is 2.36. The molecule has 1 fully saturated rings. The molecule has 1 aromatic carbocycles. The van der Waals surface area contributed by atoms with Crippen molar-refractivity contribution in [3.05, 3.63) is 24.3 Å². The molecule has 0 bridgehead atoms. The van der Waals surface area contributed by atoms with Gasteiger partial charge in [-0.2, -0.15) is 0 Å². The third-order valence-electron chi connectivity index (χ3n) is 3.72. The van der Waals surface area contributed by atoms with Crippen LogP contribution in [0.4, 0.5) is 5.69 Å². The van der Waals surface area contributed by atoms with Gasteiger partial charge in [0.05, 0.1) is 6.61 Å². The van der Waals surface area contributed by atoms with Crippen LogP contribution in [0.15, 0.2) is 24.3 Å². The van der Waals surface area contributed by atoms with Crippen molar-refractivity contribution in [2.24, 2.45) is 5.41 Å². The first-order chi connectivity index (χ1) is 8.59. The van der Waals surface area contributed by atoms with Crippen LogP contribution in [0.5, 0.6) is 5.75 Å². The van der Waals surface area contributed by atoms with Crippen LogP contribution in [0.1, 0.15) is 46.5 Å². The number of hydrogen-bond donors (Lipinski definition) is 1. The largest absolute Gasteiger partial charge is 0.494 e. The summed E-state index contributed by atoms with van der Waals surface area (Å²) in [6, 6.07) is 8.90. The van der Waals surface area contributed by atoms with E-state index >= 15 is 0 Å². The molecule has 0 aromatic heterocycles. The molecular weight excluding hydrogens is 222 g/mol. The molecule has 1 atom stereocenters. The Morgan fingerprint density at radius 1 is 1.39 bits per heavy atom. The highest BCUT2D eigenvalue weighted by molar-refractivity contribution is 5.48. The minimum absolute atomic E-state index is 0.480. The van der Waals surface area contributed by atoms with Crippen LogP contribution >= 0.6 is 0 Å². The summed E-state index contributed by atoms with van der Waals surface area (Å²) in [5.74, 6) is 0.956. The van der Waals surface area contributed by atoms with Gasteiger partial charge in [0.2, 0.25) is 0 Å². The Kier molecular flexibility index (Phi) is 4.15. The Hall–Kier alpha value is -1.18. The predicted octanol–water partition coefficient (Wildman–Crippen LogP) is 4.47. The van der Waals surface area contributed by atoms with Gasteiger partial charge in [0.15, 0.2) is 0 Å². The number of nitrogens with one attached hydrogen (secondary N) is 1. The standard InChI is InChI=1S/C16H25NO/c1-4-18-15-9-5-7-13(11-15)17-14-8-6-10-16(2,3)12-14/h5,7,9,11,14,17H,4,6,8,10,12H2,1-3H3. The molecule has 1 N–H and O–H groups in total. The van der Waals surface area contributed by atoms with E-state index in [4.69, 9.17) is 4.74 Å². The van der Waals surface area contributed by atoms with Gasteiger partial charge in [0.1, 0.15) is 5.75 Å². The first-order valence-corrected chi connectivity index (χ1v) is 7.08. The molecule has 2 rings (SSSR count). The molecule has 100 valence electrons. The average Bonchev–Trinajstić information content (AvgIpc) is 2.28. The van der Waals surface area contributed by atoms with Crippen molar-refractivity contribution in [3.8, 4) is 5.75 Å². The lowest BCUT2D eigenvalue weighted by molar-refractivity contribution is 0.229. The minimum atomic E-state index is 0.480. The van der Waals surface area contributed by atoms with Gasteiger partial charge in [-0.05, 0) is 43.7 Å². The molecule has 1 unspecified atom stereocenters. The van der Waals surface area contributed by atoms with E-state index < -0.39 is 0 Å². The first-order valence-electron chi connectivity index (χ1n) is 7.08. The molecule has 1 aromatic rings. The van der Waals surface area contributed by atoms with Crippen LogP contribution in [-0.2, 0) is 0 Å². The number of benzene rings is 1. The van der Waals surface area contributed by atoms with Gasteiger partial charge in [-0.1, -0.05) is 26.3 Å². The van der Waals surface area contributed by atoms with Crippen molar-refractivity contribution in [1.29, 1.82) is 0 Å². The van der Waals surface area contributed by atoms with Crippen LogP contribution in [0.25, 0.3) is 0 Å². The van der Waals surface area contributed by atoms with Crippen LogP contribution in [0, 0.1) is 5.41 Å². The van der Waals surface area contributed by atoms with E-state index in [1.807, 2.05) is 13.0 Å². The van der Waals surface area contributed by atoms with E-state index in [1.165, 1.54) is 31.4 Å². The number of hydrogen-bond acceptors (Lipinski definition) is 2. The van der Waals surface area contributed by atoms with Crippen molar-refractivity contribution in [3.63, 3.8) is 0 Å². The normalized spacial score (nSPS) is 22.5. The van der Waals surface area contributed by atoms with Gasteiger partial charge in [-0.3, -0.25) is 0 Å². The minimum Gasteiger partial charge on any atom is -0.494 e. The maximum absolute atomic E-state index is 5.54. The molecule has 0 spiro atoms. The molecule has 2 nitrogen and oxygen atoms in total. The highest BCUT2D eigenvalue weighted by atomic mass is 16.5. The van der Waals surface area contributed by atoms with E-state index in [0.29, 0.717) is 11.5 Å². The molecule has 1 aliphatic carbocycles. The fraction of sp³-hybridized carbons (Fsp3) is 0.625. The predicted molar refractivity (Wildman–Crippen MR) is 77.3 cm³/mol. The van der Waals surface area contributed by atoms with E-state index in [1.54, 1.807) is 0 Å². The lowest BCUT2D eigenvalue weighted by atomic mass is 9.75. The SMILES string of the molecule is CCOc1cccc(NC2CCCC(C)(C)C2)c1. The Labute approximate surface area is 111 Å². The number of anilines is 1. The van der Waals surface area contributed by atoms with E-state index in [0.717, 1.165) is 12.4 Å². The van der Waals surface area contributed by atoms with Crippen molar-refractivity contribution >= 4 is 5.69 Å². The molecule has 0 radical (unpaired) electrons. The van der Waals surface area contributed by atoms with Crippen LogP contribution in [0.2, 0.25) is 0 Å². The summed E-state index contributed by atoms with van der Waals surface area (Å²) in [5, 5.41) is 3.66. The van der Waals surface area contributed by atoms with Gasteiger partial charge < -0.3 is 10.1 Å².